The molecule has 6 heteroatoms. The normalized spacial score (nSPS) is 10.6. The summed E-state index contributed by atoms with van der Waals surface area (Å²) in [5.74, 6) is 1.09. The first kappa shape index (κ1) is 17.0. The number of benzene rings is 3. The zero-order valence-electron chi connectivity index (χ0n) is 14.1. The predicted octanol–water partition coefficient (Wildman–Crippen LogP) is 5.33. The predicted molar refractivity (Wildman–Crippen MR) is 105 cm³/mol. The fraction of sp³-hybridized carbons (Fsp3) is 0. The van der Waals surface area contributed by atoms with Crippen LogP contribution in [-0.4, -0.2) is 15.9 Å². The number of hydrogen-bond acceptors (Lipinski definition) is 4. The molecule has 27 heavy (non-hydrogen) atoms. The lowest BCUT2D eigenvalue weighted by Crippen LogP contribution is -2.11. The van der Waals surface area contributed by atoms with Gasteiger partial charge in [-0.3, -0.25) is 14.8 Å². The Kier molecular flexibility index (Phi) is 4.68. The lowest BCUT2D eigenvalue weighted by molar-refractivity contribution is 0.102. The number of anilines is 1. The first-order valence-corrected chi connectivity index (χ1v) is 8.61. The Morgan fingerprint density at radius 3 is 2.37 bits per heavy atom. The van der Waals surface area contributed by atoms with Gasteiger partial charge in [0.2, 0.25) is 0 Å². The Balaban J connectivity index is 1.46. The number of ether oxygens (including phenoxy) is 1. The van der Waals surface area contributed by atoms with Gasteiger partial charge in [0.15, 0.2) is 0 Å². The van der Waals surface area contributed by atoms with E-state index in [0.717, 1.165) is 11.0 Å². The standard InChI is InChI=1S/C21H14ClN3O2/c22-15-3-1-2-14(12-15)21(26)25-16-4-6-17(7-5-16)27-18-8-9-19-20(13-18)24-11-10-23-19/h1-13H,(H,25,26). The van der Waals surface area contributed by atoms with Gasteiger partial charge in [-0.25, -0.2) is 0 Å². The Bertz CT molecular complexity index is 1110. The number of rotatable bonds is 4. The molecule has 0 saturated carbocycles. The van der Waals surface area contributed by atoms with Crippen molar-refractivity contribution in [2.45, 2.75) is 0 Å². The van der Waals surface area contributed by atoms with E-state index in [1.807, 2.05) is 18.2 Å². The van der Waals surface area contributed by atoms with Crippen LogP contribution in [0, 0.1) is 0 Å². The number of carbonyl (C=O) groups excluding carboxylic acids is 1. The van der Waals surface area contributed by atoms with Crippen LogP contribution in [0.1, 0.15) is 10.4 Å². The molecule has 0 unspecified atom stereocenters. The van der Waals surface area contributed by atoms with Gasteiger partial charge in [0.25, 0.3) is 5.91 Å². The van der Waals surface area contributed by atoms with Crippen LogP contribution in [0.15, 0.2) is 79.1 Å². The topological polar surface area (TPSA) is 64.1 Å². The van der Waals surface area contributed by atoms with Crippen LogP contribution in [0.2, 0.25) is 5.02 Å². The van der Waals surface area contributed by atoms with E-state index < -0.39 is 0 Å². The van der Waals surface area contributed by atoms with E-state index in [1.54, 1.807) is 60.9 Å². The van der Waals surface area contributed by atoms with Crippen molar-refractivity contribution >= 4 is 34.2 Å². The minimum absolute atomic E-state index is 0.223. The third-order valence-corrected chi connectivity index (χ3v) is 4.11. The zero-order chi connectivity index (χ0) is 18.6. The zero-order valence-corrected chi connectivity index (χ0v) is 14.9. The highest BCUT2D eigenvalue weighted by Crippen LogP contribution is 2.25. The Labute approximate surface area is 160 Å². The SMILES string of the molecule is O=C(Nc1ccc(Oc2ccc3nccnc3c2)cc1)c1cccc(Cl)c1. The molecule has 3 aromatic carbocycles. The van der Waals surface area contributed by atoms with E-state index >= 15 is 0 Å². The van der Waals surface area contributed by atoms with Crippen molar-refractivity contribution in [1.29, 1.82) is 0 Å². The van der Waals surface area contributed by atoms with Crippen LogP contribution < -0.4 is 10.1 Å². The maximum absolute atomic E-state index is 12.3. The van der Waals surface area contributed by atoms with E-state index in [9.17, 15) is 4.79 Å². The molecule has 1 heterocycles. The van der Waals surface area contributed by atoms with Crippen LogP contribution in [0.5, 0.6) is 11.5 Å². The van der Waals surface area contributed by atoms with Crippen molar-refractivity contribution in [2.75, 3.05) is 5.32 Å². The van der Waals surface area contributed by atoms with Crippen molar-refractivity contribution in [3.05, 3.63) is 89.7 Å². The fourth-order valence-electron chi connectivity index (χ4n) is 2.58. The van der Waals surface area contributed by atoms with E-state index in [2.05, 4.69) is 15.3 Å². The van der Waals surface area contributed by atoms with Crippen molar-refractivity contribution in [1.82, 2.24) is 9.97 Å². The second-order valence-electron chi connectivity index (χ2n) is 5.80. The lowest BCUT2D eigenvalue weighted by atomic mass is 10.2. The summed E-state index contributed by atoms with van der Waals surface area (Å²) in [7, 11) is 0. The number of hydrogen-bond donors (Lipinski definition) is 1. The molecule has 0 radical (unpaired) electrons. The van der Waals surface area contributed by atoms with Crippen LogP contribution in [-0.2, 0) is 0 Å². The molecule has 0 aliphatic heterocycles. The quantitative estimate of drug-likeness (QED) is 0.523. The Hall–Kier alpha value is -3.44. The first-order chi connectivity index (χ1) is 13.2. The summed E-state index contributed by atoms with van der Waals surface area (Å²) in [6, 6.07) is 19.4. The van der Waals surface area contributed by atoms with Gasteiger partial charge in [-0.15, -0.1) is 0 Å². The maximum Gasteiger partial charge on any atom is 0.255 e. The summed E-state index contributed by atoms with van der Waals surface area (Å²) >= 11 is 5.92. The van der Waals surface area contributed by atoms with Gasteiger partial charge in [-0.2, -0.15) is 0 Å². The average molecular weight is 376 g/mol. The fourth-order valence-corrected chi connectivity index (χ4v) is 2.77. The van der Waals surface area contributed by atoms with Crippen molar-refractivity contribution in [3.63, 3.8) is 0 Å². The summed E-state index contributed by atoms with van der Waals surface area (Å²) in [6.45, 7) is 0. The molecule has 1 amide bonds. The molecular formula is C21H14ClN3O2. The number of fused-ring (bicyclic) bond motifs is 1. The highest BCUT2D eigenvalue weighted by Gasteiger charge is 2.07. The van der Waals surface area contributed by atoms with Crippen LogP contribution in [0.3, 0.4) is 0 Å². The molecule has 5 nitrogen and oxygen atoms in total. The number of halogens is 1. The second-order valence-corrected chi connectivity index (χ2v) is 6.23. The second kappa shape index (κ2) is 7.43. The van der Waals surface area contributed by atoms with E-state index in [-0.39, 0.29) is 5.91 Å². The largest absolute Gasteiger partial charge is 0.457 e. The monoisotopic (exact) mass is 375 g/mol. The molecule has 1 N–H and O–H groups in total. The van der Waals surface area contributed by atoms with E-state index in [4.69, 9.17) is 16.3 Å². The van der Waals surface area contributed by atoms with Crippen LogP contribution in [0.25, 0.3) is 11.0 Å². The van der Waals surface area contributed by atoms with Crippen molar-refractivity contribution in [3.8, 4) is 11.5 Å². The molecule has 0 saturated heterocycles. The minimum atomic E-state index is -0.223. The number of amides is 1. The van der Waals surface area contributed by atoms with Gasteiger partial charge in [-0.1, -0.05) is 17.7 Å². The number of aromatic nitrogens is 2. The van der Waals surface area contributed by atoms with Gasteiger partial charge in [0, 0.05) is 34.7 Å². The van der Waals surface area contributed by atoms with Crippen LogP contribution >= 0.6 is 11.6 Å². The molecule has 0 spiro atoms. The molecule has 0 aliphatic rings. The lowest BCUT2D eigenvalue weighted by Gasteiger charge is -2.09. The number of nitrogens with one attached hydrogen (secondary N) is 1. The van der Waals surface area contributed by atoms with E-state index in [1.165, 1.54) is 0 Å². The third-order valence-electron chi connectivity index (χ3n) is 3.88. The first-order valence-electron chi connectivity index (χ1n) is 8.23. The molecule has 0 atom stereocenters. The Morgan fingerprint density at radius 1 is 0.852 bits per heavy atom. The highest BCUT2D eigenvalue weighted by atomic mass is 35.5. The van der Waals surface area contributed by atoms with Crippen molar-refractivity contribution < 1.29 is 9.53 Å². The van der Waals surface area contributed by atoms with Gasteiger partial charge in [-0.05, 0) is 54.6 Å². The maximum atomic E-state index is 12.3. The number of carbonyl (C=O) groups is 1. The highest BCUT2D eigenvalue weighted by molar-refractivity contribution is 6.31. The molecule has 1 aromatic heterocycles. The summed E-state index contributed by atoms with van der Waals surface area (Å²) in [5, 5.41) is 3.35. The summed E-state index contributed by atoms with van der Waals surface area (Å²) in [5.41, 5.74) is 2.74. The molecule has 4 rings (SSSR count). The number of nitrogens with zero attached hydrogens (tertiary/aromatic N) is 2. The molecule has 4 aromatic rings. The van der Waals surface area contributed by atoms with Crippen molar-refractivity contribution in [2.24, 2.45) is 0 Å². The van der Waals surface area contributed by atoms with Gasteiger partial charge in [0.05, 0.1) is 11.0 Å². The average Bonchev–Trinajstić information content (AvgIpc) is 2.69. The summed E-state index contributed by atoms with van der Waals surface area (Å²) in [4.78, 5) is 20.8. The molecule has 132 valence electrons. The third kappa shape index (κ3) is 4.04. The van der Waals surface area contributed by atoms with E-state index in [0.29, 0.717) is 27.8 Å². The summed E-state index contributed by atoms with van der Waals surface area (Å²) in [6.07, 6.45) is 3.29. The minimum Gasteiger partial charge on any atom is -0.457 e. The Morgan fingerprint density at radius 2 is 1.59 bits per heavy atom. The molecule has 0 aliphatic carbocycles. The van der Waals surface area contributed by atoms with Gasteiger partial charge >= 0.3 is 0 Å². The van der Waals surface area contributed by atoms with Crippen LogP contribution in [0.4, 0.5) is 5.69 Å². The molecule has 0 bridgehead atoms. The molecular weight excluding hydrogens is 362 g/mol. The summed E-state index contributed by atoms with van der Waals surface area (Å²) < 4.78 is 5.85. The molecule has 0 fully saturated rings. The van der Waals surface area contributed by atoms with Gasteiger partial charge in [0.1, 0.15) is 11.5 Å². The van der Waals surface area contributed by atoms with Gasteiger partial charge < -0.3 is 10.1 Å². The smallest absolute Gasteiger partial charge is 0.255 e.